The van der Waals surface area contributed by atoms with Gasteiger partial charge in [-0.25, -0.2) is 14.7 Å². The van der Waals surface area contributed by atoms with Crippen LogP contribution in [0, 0.1) is 0 Å². The van der Waals surface area contributed by atoms with E-state index in [1.54, 1.807) is 10.9 Å². The van der Waals surface area contributed by atoms with Gasteiger partial charge in [0.25, 0.3) is 0 Å². The largest absolute Gasteiger partial charge is 0.434 e. The van der Waals surface area contributed by atoms with Gasteiger partial charge in [0, 0.05) is 36.7 Å². The normalized spacial score (nSPS) is 12.2. The summed E-state index contributed by atoms with van der Waals surface area (Å²) < 4.78 is 39.6. The molecule has 2 N–H and O–H groups in total. The molecule has 3 rings (SSSR count). The topological polar surface area (TPSA) is 67.1 Å². The van der Waals surface area contributed by atoms with Gasteiger partial charge >= 0.3 is 6.18 Å². The molecule has 0 bridgehead atoms. The summed E-state index contributed by atoms with van der Waals surface area (Å²) in [5.41, 5.74) is 1.07. The van der Waals surface area contributed by atoms with Crippen LogP contribution in [-0.2, 0) is 19.1 Å². The maximum atomic E-state index is 12.6. The molecule has 0 aliphatic rings. The zero-order chi connectivity index (χ0) is 20.7. The molecule has 0 aliphatic heterocycles. The van der Waals surface area contributed by atoms with E-state index in [1.807, 2.05) is 43.5 Å². The summed E-state index contributed by atoms with van der Waals surface area (Å²) in [6, 6.07) is 9.77. The van der Waals surface area contributed by atoms with Gasteiger partial charge in [-0.1, -0.05) is 18.2 Å². The molecule has 0 aliphatic carbocycles. The standard InChI is InChI=1S/C19H21F3N6S/c1-2-23-18(24-9-8-17-27-16(13-29-17)19(20,21)22)25-10-14-11-26-28(12-14)15-6-4-3-5-7-15/h3-7,11-13H,2,8-10H2,1H3,(H2,23,24,25). The van der Waals surface area contributed by atoms with Crippen molar-refractivity contribution in [2.75, 3.05) is 13.1 Å². The van der Waals surface area contributed by atoms with E-state index in [9.17, 15) is 13.2 Å². The molecule has 0 fully saturated rings. The number of para-hydroxylation sites is 1. The number of benzene rings is 1. The molecule has 0 saturated heterocycles. The number of nitrogens with zero attached hydrogens (tertiary/aromatic N) is 4. The lowest BCUT2D eigenvalue weighted by Gasteiger charge is -2.10. The minimum atomic E-state index is -4.40. The minimum absolute atomic E-state index is 0.386. The Bertz CT molecular complexity index is 933. The van der Waals surface area contributed by atoms with E-state index < -0.39 is 11.9 Å². The lowest BCUT2D eigenvalue weighted by atomic mass is 10.3. The number of rotatable bonds is 7. The zero-order valence-electron chi connectivity index (χ0n) is 15.8. The van der Waals surface area contributed by atoms with Crippen LogP contribution < -0.4 is 10.6 Å². The SMILES string of the molecule is CCNC(=NCc1cnn(-c2ccccc2)c1)NCCc1nc(C(F)(F)F)cs1. The number of nitrogens with one attached hydrogen (secondary N) is 2. The Balaban J connectivity index is 1.55. The molecule has 0 radical (unpaired) electrons. The second-order valence-electron chi connectivity index (χ2n) is 6.12. The van der Waals surface area contributed by atoms with Crippen molar-refractivity contribution in [3.05, 3.63) is 64.4 Å². The second-order valence-corrected chi connectivity index (χ2v) is 7.07. The van der Waals surface area contributed by atoms with E-state index in [2.05, 4.69) is 25.7 Å². The number of aromatic nitrogens is 3. The Morgan fingerprint density at radius 2 is 2.00 bits per heavy atom. The van der Waals surface area contributed by atoms with Gasteiger partial charge in [-0.3, -0.25) is 0 Å². The fraction of sp³-hybridized carbons (Fsp3) is 0.316. The summed E-state index contributed by atoms with van der Waals surface area (Å²) in [7, 11) is 0. The lowest BCUT2D eigenvalue weighted by Crippen LogP contribution is -2.38. The number of hydrogen-bond donors (Lipinski definition) is 2. The van der Waals surface area contributed by atoms with Gasteiger partial charge in [0.2, 0.25) is 0 Å². The Hall–Kier alpha value is -2.88. The van der Waals surface area contributed by atoms with Gasteiger partial charge < -0.3 is 10.6 Å². The summed E-state index contributed by atoms with van der Waals surface area (Å²) in [5.74, 6) is 0.590. The van der Waals surface area contributed by atoms with Crippen LogP contribution in [0.25, 0.3) is 5.69 Å². The first-order valence-corrected chi connectivity index (χ1v) is 9.96. The smallest absolute Gasteiger partial charge is 0.357 e. The Morgan fingerprint density at radius 3 is 2.69 bits per heavy atom. The van der Waals surface area contributed by atoms with Crippen molar-refractivity contribution >= 4 is 17.3 Å². The van der Waals surface area contributed by atoms with E-state index in [0.29, 0.717) is 37.0 Å². The van der Waals surface area contributed by atoms with E-state index in [4.69, 9.17) is 0 Å². The number of hydrogen-bond acceptors (Lipinski definition) is 4. The Morgan fingerprint density at radius 1 is 1.21 bits per heavy atom. The van der Waals surface area contributed by atoms with Gasteiger partial charge in [0.05, 0.1) is 23.4 Å². The first-order valence-electron chi connectivity index (χ1n) is 9.08. The van der Waals surface area contributed by atoms with Gasteiger partial charge in [-0.2, -0.15) is 18.3 Å². The Kier molecular flexibility index (Phi) is 6.86. The van der Waals surface area contributed by atoms with Crippen LogP contribution in [0.2, 0.25) is 0 Å². The molecule has 6 nitrogen and oxygen atoms in total. The van der Waals surface area contributed by atoms with Gasteiger partial charge in [-0.15, -0.1) is 11.3 Å². The highest BCUT2D eigenvalue weighted by Crippen LogP contribution is 2.29. The third-order valence-corrected chi connectivity index (χ3v) is 4.80. The van der Waals surface area contributed by atoms with Gasteiger partial charge in [0.15, 0.2) is 11.7 Å². The molecule has 10 heteroatoms. The predicted octanol–water partition coefficient (Wildman–Crippen LogP) is 3.65. The van der Waals surface area contributed by atoms with Crippen molar-refractivity contribution in [2.24, 2.45) is 4.99 Å². The van der Waals surface area contributed by atoms with Crippen molar-refractivity contribution in [3.8, 4) is 5.69 Å². The quantitative estimate of drug-likeness (QED) is 0.451. The maximum Gasteiger partial charge on any atom is 0.434 e. The average Bonchev–Trinajstić information content (AvgIpc) is 3.36. The predicted molar refractivity (Wildman–Crippen MR) is 107 cm³/mol. The van der Waals surface area contributed by atoms with Crippen LogP contribution in [-0.4, -0.2) is 33.8 Å². The molecule has 1 aromatic carbocycles. The summed E-state index contributed by atoms with van der Waals surface area (Å²) in [6.45, 7) is 3.48. The van der Waals surface area contributed by atoms with Gasteiger partial charge in [0.1, 0.15) is 0 Å². The lowest BCUT2D eigenvalue weighted by molar-refractivity contribution is -0.140. The highest BCUT2D eigenvalue weighted by atomic mass is 32.1. The minimum Gasteiger partial charge on any atom is -0.357 e. The Labute approximate surface area is 170 Å². The van der Waals surface area contributed by atoms with Crippen molar-refractivity contribution in [1.29, 1.82) is 0 Å². The highest BCUT2D eigenvalue weighted by molar-refractivity contribution is 7.09. The molecule has 0 atom stereocenters. The van der Waals surface area contributed by atoms with Gasteiger partial charge in [-0.05, 0) is 19.1 Å². The average molecular weight is 422 g/mol. The van der Waals surface area contributed by atoms with Crippen LogP contribution in [0.1, 0.15) is 23.2 Å². The van der Waals surface area contributed by atoms with E-state index in [0.717, 1.165) is 28.0 Å². The summed E-state index contributed by atoms with van der Waals surface area (Å²) >= 11 is 1.01. The monoisotopic (exact) mass is 422 g/mol. The molecule has 0 amide bonds. The summed E-state index contributed by atoms with van der Waals surface area (Å²) in [6.07, 6.45) is -0.342. The molecular weight excluding hydrogens is 401 g/mol. The second kappa shape index (κ2) is 9.55. The highest BCUT2D eigenvalue weighted by Gasteiger charge is 2.33. The molecule has 29 heavy (non-hydrogen) atoms. The van der Waals surface area contributed by atoms with E-state index >= 15 is 0 Å². The van der Waals surface area contributed by atoms with Crippen LogP contribution in [0.4, 0.5) is 13.2 Å². The van der Waals surface area contributed by atoms with Crippen molar-refractivity contribution in [3.63, 3.8) is 0 Å². The molecular formula is C19H21F3N6S. The summed E-state index contributed by atoms with van der Waals surface area (Å²) in [5, 5.41) is 12.1. The number of aliphatic imine (C=N–C) groups is 1. The fourth-order valence-corrected chi connectivity index (χ4v) is 3.32. The molecule has 3 aromatic rings. The molecule has 2 aromatic heterocycles. The molecule has 2 heterocycles. The third kappa shape index (κ3) is 6.05. The van der Waals surface area contributed by atoms with E-state index in [-0.39, 0.29) is 0 Å². The molecule has 0 spiro atoms. The van der Waals surface area contributed by atoms with Crippen LogP contribution in [0.5, 0.6) is 0 Å². The maximum absolute atomic E-state index is 12.6. The zero-order valence-corrected chi connectivity index (χ0v) is 16.6. The molecule has 154 valence electrons. The third-order valence-electron chi connectivity index (χ3n) is 3.89. The van der Waals surface area contributed by atoms with Crippen molar-refractivity contribution < 1.29 is 13.2 Å². The molecule has 0 saturated carbocycles. The van der Waals surface area contributed by atoms with Crippen molar-refractivity contribution in [2.45, 2.75) is 26.1 Å². The number of alkyl halides is 3. The van der Waals surface area contributed by atoms with E-state index in [1.165, 1.54) is 0 Å². The van der Waals surface area contributed by atoms with Crippen LogP contribution in [0.3, 0.4) is 0 Å². The van der Waals surface area contributed by atoms with Crippen LogP contribution in [0.15, 0.2) is 53.1 Å². The number of guanidine groups is 1. The fourth-order valence-electron chi connectivity index (χ4n) is 2.52. The number of thiazole rings is 1. The first-order chi connectivity index (χ1) is 14.0. The summed E-state index contributed by atoms with van der Waals surface area (Å²) in [4.78, 5) is 8.14. The first kappa shape index (κ1) is 20.8. The number of halogens is 3. The molecule has 0 unspecified atom stereocenters. The van der Waals surface area contributed by atoms with Crippen molar-refractivity contribution in [1.82, 2.24) is 25.4 Å². The van der Waals surface area contributed by atoms with Crippen LogP contribution >= 0.6 is 11.3 Å².